The quantitative estimate of drug-likeness (QED) is 0.652. The second-order valence-electron chi connectivity index (χ2n) is 7.74. The second-order valence-corrected chi connectivity index (χ2v) is 9.68. The molecule has 0 saturated carbocycles. The molecule has 2 fully saturated rings. The molecule has 2 heterocycles. The van der Waals surface area contributed by atoms with Crippen LogP contribution in [-0.4, -0.2) is 52.0 Å². The van der Waals surface area contributed by atoms with Crippen LogP contribution in [0.5, 0.6) is 0 Å². The molecule has 0 aromatic heterocycles. The van der Waals surface area contributed by atoms with E-state index in [0.717, 1.165) is 43.8 Å². The van der Waals surface area contributed by atoms with Gasteiger partial charge in [0.1, 0.15) is 5.82 Å². The summed E-state index contributed by atoms with van der Waals surface area (Å²) in [6.07, 6.45) is -2.55. The molecule has 2 aliphatic heterocycles. The molecule has 0 N–H and O–H groups in total. The zero-order valence-electron chi connectivity index (χ0n) is 16.8. The summed E-state index contributed by atoms with van der Waals surface area (Å²) in [6.45, 7) is 2.04. The zero-order chi connectivity index (χ0) is 22.2. The van der Waals surface area contributed by atoms with E-state index in [1.165, 1.54) is 9.21 Å². The Kier molecular flexibility index (Phi) is 5.87. The second kappa shape index (κ2) is 8.31. The van der Waals surface area contributed by atoms with Crippen molar-refractivity contribution in [1.82, 2.24) is 4.31 Å². The lowest BCUT2D eigenvalue weighted by Crippen LogP contribution is -2.49. The van der Waals surface area contributed by atoms with Gasteiger partial charge in [-0.25, -0.2) is 12.8 Å². The maximum atomic E-state index is 13.4. The third kappa shape index (κ3) is 4.50. The number of anilines is 2. The molecular weight excluding hydrogens is 434 g/mol. The number of rotatable bonds is 4. The number of benzene rings is 2. The van der Waals surface area contributed by atoms with Crippen molar-refractivity contribution < 1.29 is 26.0 Å². The number of sulfonamides is 1. The van der Waals surface area contributed by atoms with Crippen LogP contribution >= 0.6 is 0 Å². The Morgan fingerprint density at radius 1 is 0.806 bits per heavy atom. The van der Waals surface area contributed by atoms with Crippen LogP contribution in [0.4, 0.5) is 28.9 Å². The van der Waals surface area contributed by atoms with Gasteiger partial charge in [0.2, 0.25) is 10.0 Å². The van der Waals surface area contributed by atoms with Crippen molar-refractivity contribution >= 4 is 21.4 Å². The van der Waals surface area contributed by atoms with E-state index in [-0.39, 0.29) is 36.8 Å². The van der Waals surface area contributed by atoms with Gasteiger partial charge in [0, 0.05) is 50.6 Å². The van der Waals surface area contributed by atoms with Gasteiger partial charge < -0.3 is 9.80 Å². The fourth-order valence-electron chi connectivity index (χ4n) is 4.15. The Labute approximate surface area is 178 Å². The van der Waals surface area contributed by atoms with Gasteiger partial charge in [-0.1, -0.05) is 6.07 Å². The van der Waals surface area contributed by atoms with Gasteiger partial charge >= 0.3 is 6.18 Å². The van der Waals surface area contributed by atoms with Crippen LogP contribution in [0.25, 0.3) is 0 Å². The summed E-state index contributed by atoms with van der Waals surface area (Å²) < 4.78 is 80.9. The Balaban J connectivity index is 1.51. The minimum atomic E-state index is -4.70. The molecule has 0 atom stereocenters. The fourth-order valence-corrected chi connectivity index (χ4v) is 5.61. The summed E-state index contributed by atoms with van der Waals surface area (Å²) in [6, 6.07) is 9.36. The molecule has 5 nitrogen and oxygen atoms in total. The fraction of sp³-hybridized carbons (Fsp3) is 0.429. The van der Waals surface area contributed by atoms with E-state index in [1.807, 2.05) is 6.07 Å². The Bertz CT molecular complexity index is 1040. The van der Waals surface area contributed by atoms with Crippen LogP contribution in [0.2, 0.25) is 0 Å². The highest BCUT2D eigenvalue weighted by molar-refractivity contribution is 7.89. The van der Waals surface area contributed by atoms with Crippen molar-refractivity contribution in [2.45, 2.75) is 23.9 Å². The van der Waals surface area contributed by atoms with Gasteiger partial charge in [-0.3, -0.25) is 0 Å². The minimum absolute atomic E-state index is 0.0466. The van der Waals surface area contributed by atoms with Gasteiger partial charge in [-0.15, -0.1) is 0 Å². The van der Waals surface area contributed by atoms with E-state index in [1.54, 1.807) is 18.2 Å². The summed E-state index contributed by atoms with van der Waals surface area (Å²) in [4.78, 5) is 3.78. The molecule has 4 rings (SSSR count). The smallest absolute Gasteiger partial charge is 0.371 e. The van der Waals surface area contributed by atoms with E-state index >= 15 is 0 Å². The molecule has 10 heteroatoms. The molecule has 168 valence electrons. The van der Waals surface area contributed by atoms with Crippen molar-refractivity contribution in [3.63, 3.8) is 0 Å². The molecule has 31 heavy (non-hydrogen) atoms. The molecule has 0 spiro atoms. The van der Waals surface area contributed by atoms with Crippen LogP contribution in [0.15, 0.2) is 47.4 Å². The van der Waals surface area contributed by atoms with E-state index in [0.29, 0.717) is 6.07 Å². The predicted octanol–water partition coefficient (Wildman–Crippen LogP) is 3.96. The molecule has 0 radical (unpaired) electrons. The standard InChI is InChI=1S/C21H23F4N3O2S/c22-16-6-7-20(19(14-16)21(23,24)25)27-10-12-28(13-11-27)31(29,30)18-5-3-4-17(15-18)26-8-1-2-9-26/h3-7,14-15H,1-2,8-13H2. The summed E-state index contributed by atoms with van der Waals surface area (Å²) in [5.74, 6) is -0.963. The first-order valence-electron chi connectivity index (χ1n) is 10.1. The monoisotopic (exact) mass is 457 g/mol. The third-order valence-corrected chi connectivity index (χ3v) is 7.66. The van der Waals surface area contributed by atoms with Crippen molar-refractivity contribution in [3.8, 4) is 0 Å². The highest BCUT2D eigenvalue weighted by Gasteiger charge is 2.37. The van der Waals surface area contributed by atoms with Gasteiger partial charge in [-0.2, -0.15) is 17.5 Å². The first-order chi connectivity index (χ1) is 14.7. The highest BCUT2D eigenvalue weighted by Crippen LogP contribution is 2.37. The van der Waals surface area contributed by atoms with Crippen LogP contribution in [0.3, 0.4) is 0 Å². The number of alkyl halides is 3. The van der Waals surface area contributed by atoms with Crippen molar-refractivity contribution in [3.05, 3.63) is 53.8 Å². The zero-order valence-corrected chi connectivity index (χ0v) is 17.6. The first-order valence-corrected chi connectivity index (χ1v) is 11.6. The molecule has 2 saturated heterocycles. The SMILES string of the molecule is O=S(=O)(c1cccc(N2CCCC2)c1)N1CCN(c2ccc(F)cc2C(F)(F)F)CC1. The Hall–Kier alpha value is -2.33. The van der Waals surface area contributed by atoms with Crippen molar-refractivity contribution in [2.75, 3.05) is 49.1 Å². The Morgan fingerprint density at radius 2 is 1.48 bits per heavy atom. The molecule has 0 unspecified atom stereocenters. The number of hydrogen-bond donors (Lipinski definition) is 0. The highest BCUT2D eigenvalue weighted by atomic mass is 32.2. The van der Waals surface area contributed by atoms with E-state index < -0.39 is 27.6 Å². The first kappa shape index (κ1) is 21.9. The maximum Gasteiger partial charge on any atom is 0.418 e. The molecule has 2 aromatic carbocycles. The van der Waals surface area contributed by atoms with Gasteiger partial charge in [0.25, 0.3) is 0 Å². The van der Waals surface area contributed by atoms with Crippen molar-refractivity contribution in [1.29, 1.82) is 0 Å². The lowest BCUT2D eigenvalue weighted by Gasteiger charge is -2.36. The molecule has 0 amide bonds. The largest absolute Gasteiger partial charge is 0.418 e. The van der Waals surface area contributed by atoms with Gasteiger partial charge in [0.05, 0.1) is 10.5 Å². The maximum absolute atomic E-state index is 13.4. The van der Waals surface area contributed by atoms with Gasteiger partial charge in [-0.05, 0) is 49.2 Å². The summed E-state index contributed by atoms with van der Waals surface area (Å²) in [7, 11) is -3.77. The normalized spacial score (nSPS) is 18.6. The number of halogens is 4. The average Bonchev–Trinajstić information content (AvgIpc) is 3.28. The van der Waals surface area contributed by atoms with Gasteiger partial charge in [0.15, 0.2) is 0 Å². The summed E-state index contributed by atoms with van der Waals surface area (Å²) in [5, 5.41) is 0. The number of nitrogens with zero attached hydrogens (tertiary/aromatic N) is 3. The molecular formula is C21H23F4N3O2S. The lowest BCUT2D eigenvalue weighted by molar-refractivity contribution is -0.137. The summed E-state index contributed by atoms with van der Waals surface area (Å²) in [5.41, 5.74) is -0.331. The van der Waals surface area contributed by atoms with Crippen molar-refractivity contribution in [2.24, 2.45) is 0 Å². The number of hydrogen-bond acceptors (Lipinski definition) is 4. The van der Waals surface area contributed by atoms with E-state index in [4.69, 9.17) is 0 Å². The topological polar surface area (TPSA) is 43.9 Å². The van der Waals surface area contributed by atoms with E-state index in [9.17, 15) is 26.0 Å². The summed E-state index contributed by atoms with van der Waals surface area (Å²) >= 11 is 0. The molecule has 0 aliphatic carbocycles. The molecule has 2 aliphatic rings. The van der Waals surface area contributed by atoms with Crippen LogP contribution in [0, 0.1) is 5.82 Å². The molecule has 2 aromatic rings. The third-order valence-electron chi connectivity index (χ3n) is 5.77. The predicted molar refractivity (Wildman–Crippen MR) is 110 cm³/mol. The average molecular weight is 457 g/mol. The molecule has 0 bridgehead atoms. The number of piperazine rings is 1. The van der Waals surface area contributed by atoms with Crippen LogP contribution in [0.1, 0.15) is 18.4 Å². The lowest BCUT2D eigenvalue weighted by atomic mass is 10.1. The minimum Gasteiger partial charge on any atom is -0.371 e. The van der Waals surface area contributed by atoms with Crippen LogP contribution < -0.4 is 9.80 Å². The van der Waals surface area contributed by atoms with Crippen LogP contribution in [-0.2, 0) is 16.2 Å². The van der Waals surface area contributed by atoms with E-state index in [2.05, 4.69) is 4.90 Å². The Morgan fingerprint density at radius 3 is 2.13 bits per heavy atom.